The Morgan fingerprint density at radius 2 is 1.34 bits per heavy atom. The number of guanidine groups is 2. The van der Waals surface area contributed by atoms with Crippen LogP contribution in [0.4, 0.5) is 0 Å². The highest BCUT2D eigenvalue weighted by molar-refractivity contribution is 7.80. The lowest BCUT2D eigenvalue weighted by molar-refractivity contribution is -0.141. The van der Waals surface area contributed by atoms with Gasteiger partial charge < -0.3 is 44.4 Å². The summed E-state index contributed by atoms with van der Waals surface area (Å²) >= 11 is 3.89. The zero-order chi connectivity index (χ0) is 22.4. The lowest BCUT2D eigenvalue weighted by Crippen LogP contribution is -2.54. The highest BCUT2D eigenvalue weighted by Crippen LogP contribution is 2.03. The molecule has 0 aromatic heterocycles. The van der Waals surface area contributed by atoms with E-state index in [0.717, 1.165) is 0 Å². The number of carboxylic acid groups (broad SMARTS) is 1. The fraction of sp³-hybridized carbons (Fsp3) is 0.667. The minimum absolute atomic E-state index is 0.0577. The number of carbonyl (C=O) groups is 3. The normalized spacial score (nSPS) is 13.4. The Morgan fingerprint density at radius 1 is 0.862 bits per heavy atom. The SMILES string of the molecule is NC(N)=NCCC[C@H](NC(=O)[C@@H](N)CCCN=C(N)N)C(=O)N[C@@H](CS)C(=O)O. The van der Waals surface area contributed by atoms with Gasteiger partial charge in [-0.1, -0.05) is 0 Å². The fourth-order valence-electron chi connectivity index (χ4n) is 2.16. The monoisotopic (exact) mass is 433 g/mol. The van der Waals surface area contributed by atoms with E-state index in [1.54, 1.807) is 0 Å². The number of hydrogen-bond donors (Lipinski definition) is 9. The first-order chi connectivity index (χ1) is 13.6. The Morgan fingerprint density at radius 3 is 1.79 bits per heavy atom. The molecule has 0 aromatic carbocycles. The number of rotatable bonds is 14. The van der Waals surface area contributed by atoms with Crippen LogP contribution in [0.15, 0.2) is 9.98 Å². The molecule has 166 valence electrons. The van der Waals surface area contributed by atoms with E-state index in [0.29, 0.717) is 25.8 Å². The summed E-state index contributed by atoms with van der Waals surface area (Å²) in [7, 11) is 0. The lowest BCUT2D eigenvalue weighted by atomic mass is 10.1. The number of hydrogen-bond acceptors (Lipinski definition) is 7. The third kappa shape index (κ3) is 12.4. The van der Waals surface area contributed by atoms with Gasteiger partial charge in [-0.05, 0) is 25.7 Å². The predicted molar refractivity (Wildman–Crippen MR) is 113 cm³/mol. The third-order valence-corrected chi connectivity index (χ3v) is 4.04. The van der Waals surface area contributed by atoms with Crippen LogP contribution in [-0.4, -0.2) is 71.8 Å². The van der Waals surface area contributed by atoms with Crippen molar-refractivity contribution >= 4 is 42.3 Å². The number of thiol groups is 1. The topological polar surface area (TPSA) is 250 Å². The van der Waals surface area contributed by atoms with E-state index >= 15 is 0 Å². The van der Waals surface area contributed by atoms with Gasteiger partial charge in [-0.3, -0.25) is 19.6 Å². The quantitative estimate of drug-likeness (QED) is 0.0567. The summed E-state index contributed by atoms with van der Waals surface area (Å²) in [4.78, 5) is 43.5. The minimum atomic E-state index is -1.24. The van der Waals surface area contributed by atoms with Crippen molar-refractivity contribution in [3.63, 3.8) is 0 Å². The smallest absolute Gasteiger partial charge is 0.327 e. The van der Waals surface area contributed by atoms with Crippen LogP contribution in [0, 0.1) is 0 Å². The Kier molecular flexibility index (Phi) is 12.9. The molecular weight excluding hydrogens is 402 g/mol. The molecule has 0 fully saturated rings. The molecule has 29 heavy (non-hydrogen) atoms. The molecule has 0 aliphatic carbocycles. The molecule has 0 aliphatic rings. The number of aliphatic imine (C=N–C) groups is 2. The molecule has 0 radical (unpaired) electrons. The maximum atomic E-state index is 12.4. The van der Waals surface area contributed by atoms with Gasteiger partial charge in [0.15, 0.2) is 11.9 Å². The van der Waals surface area contributed by atoms with E-state index in [-0.39, 0.29) is 30.6 Å². The molecule has 3 atom stereocenters. The highest BCUT2D eigenvalue weighted by atomic mass is 32.1. The molecule has 0 aliphatic heterocycles. The molecule has 13 nitrogen and oxygen atoms in total. The van der Waals surface area contributed by atoms with Crippen LogP contribution < -0.4 is 39.3 Å². The van der Waals surface area contributed by atoms with Crippen LogP contribution >= 0.6 is 12.6 Å². The number of nitrogens with zero attached hydrogens (tertiary/aromatic N) is 2. The Hall–Kier alpha value is -2.74. The molecule has 2 amide bonds. The number of carboxylic acids is 1. The Balaban J connectivity index is 4.91. The van der Waals surface area contributed by atoms with Gasteiger partial charge in [-0.15, -0.1) is 0 Å². The molecule has 0 bridgehead atoms. The molecular formula is C15H31N9O4S. The molecule has 14 heteroatoms. The van der Waals surface area contributed by atoms with Gasteiger partial charge >= 0.3 is 5.97 Å². The maximum Gasteiger partial charge on any atom is 0.327 e. The highest BCUT2D eigenvalue weighted by Gasteiger charge is 2.27. The second kappa shape index (κ2) is 14.3. The largest absolute Gasteiger partial charge is 0.480 e. The zero-order valence-electron chi connectivity index (χ0n) is 16.1. The van der Waals surface area contributed by atoms with E-state index in [9.17, 15) is 14.4 Å². The summed E-state index contributed by atoms with van der Waals surface area (Å²) in [5, 5.41) is 13.9. The minimum Gasteiger partial charge on any atom is -0.480 e. The van der Waals surface area contributed by atoms with E-state index < -0.39 is 35.9 Å². The summed E-state index contributed by atoms with van der Waals surface area (Å²) in [6.45, 7) is 0.551. The molecule has 13 N–H and O–H groups in total. The van der Waals surface area contributed by atoms with Crippen molar-refractivity contribution in [2.24, 2.45) is 38.7 Å². The Labute approximate surface area is 174 Å². The summed E-state index contributed by atoms with van der Waals surface area (Å²) in [6, 6.07) is -3.10. The number of amides is 2. The van der Waals surface area contributed by atoms with Gasteiger partial charge in [0.2, 0.25) is 11.8 Å². The average Bonchev–Trinajstić information content (AvgIpc) is 2.64. The second-order valence-electron chi connectivity index (χ2n) is 6.15. The molecule has 0 unspecified atom stereocenters. The van der Waals surface area contributed by atoms with Gasteiger partial charge in [-0.2, -0.15) is 12.6 Å². The van der Waals surface area contributed by atoms with Crippen molar-refractivity contribution in [3.8, 4) is 0 Å². The van der Waals surface area contributed by atoms with Gasteiger partial charge in [0.25, 0.3) is 0 Å². The first-order valence-corrected chi connectivity index (χ1v) is 9.52. The van der Waals surface area contributed by atoms with Crippen LogP contribution in [0.25, 0.3) is 0 Å². The number of nitrogens with one attached hydrogen (secondary N) is 2. The molecule has 0 rings (SSSR count). The van der Waals surface area contributed by atoms with Gasteiger partial charge in [0.1, 0.15) is 12.1 Å². The van der Waals surface area contributed by atoms with Crippen molar-refractivity contribution in [2.75, 3.05) is 18.8 Å². The van der Waals surface area contributed by atoms with Crippen LogP contribution in [0.2, 0.25) is 0 Å². The second-order valence-corrected chi connectivity index (χ2v) is 6.51. The van der Waals surface area contributed by atoms with Crippen LogP contribution in [0.3, 0.4) is 0 Å². The fourth-order valence-corrected chi connectivity index (χ4v) is 2.41. The standard InChI is InChI=1S/C15H31N9O4S/c16-8(3-1-5-21-14(17)18)11(25)23-9(4-2-6-22-15(19)20)12(26)24-10(7-29)13(27)28/h8-10,29H,1-7,16H2,(H,23,25)(H,24,26)(H,27,28)(H4,17,18,21)(H4,19,20,22)/t8-,9-,10-/m0/s1. The predicted octanol–water partition coefficient (Wildman–Crippen LogP) is -3.60. The van der Waals surface area contributed by atoms with Crippen LogP contribution in [-0.2, 0) is 14.4 Å². The number of carbonyl (C=O) groups excluding carboxylic acids is 2. The maximum absolute atomic E-state index is 12.4. The molecule has 0 heterocycles. The van der Waals surface area contributed by atoms with Gasteiger partial charge in [-0.25, -0.2) is 4.79 Å². The van der Waals surface area contributed by atoms with Gasteiger partial charge in [0, 0.05) is 18.8 Å². The van der Waals surface area contributed by atoms with E-state index in [4.69, 9.17) is 33.8 Å². The summed E-state index contributed by atoms with van der Waals surface area (Å²) in [5.74, 6) is -2.74. The summed E-state index contributed by atoms with van der Waals surface area (Å²) in [5.41, 5.74) is 26.8. The molecule has 0 saturated carbocycles. The first kappa shape index (κ1) is 26.3. The van der Waals surface area contributed by atoms with Crippen molar-refractivity contribution in [1.82, 2.24) is 10.6 Å². The van der Waals surface area contributed by atoms with E-state index in [1.165, 1.54) is 0 Å². The van der Waals surface area contributed by atoms with Gasteiger partial charge in [0.05, 0.1) is 6.04 Å². The number of aliphatic carboxylic acids is 1. The van der Waals surface area contributed by atoms with E-state index in [1.807, 2.05) is 0 Å². The molecule has 0 saturated heterocycles. The van der Waals surface area contributed by atoms with Crippen molar-refractivity contribution in [2.45, 2.75) is 43.8 Å². The van der Waals surface area contributed by atoms with Crippen molar-refractivity contribution < 1.29 is 19.5 Å². The average molecular weight is 434 g/mol. The van der Waals surface area contributed by atoms with Crippen LogP contribution in [0.5, 0.6) is 0 Å². The zero-order valence-corrected chi connectivity index (χ0v) is 17.0. The third-order valence-electron chi connectivity index (χ3n) is 3.68. The summed E-state index contributed by atoms with van der Waals surface area (Å²) in [6.07, 6.45) is 1.30. The van der Waals surface area contributed by atoms with Crippen molar-refractivity contribution in [1.29, 1.82) is 0 Å². The Bertz CT molecular complexity index is 607. The van der Waals surface area contributed by atoms with Crippen molar-refractivity contribution in [3.05, 3.63) is 0 Å². The first-order valence-electron chi connectivity index (χ1n) is 8.89. The van der Waals surface area contributed by atoms with E-state index in [2.05, 4.69) is 33.2 Å². The molecule has 0 aromatic rings. The lowest BCUT2D eigenvalue weighted by Gasteiger charge is -2.22. The summed E-state index contributed by atoms with van der Waals surface area (Å²) < 4.78 is 0. The van der Waals surface area contributed by atoms with Crippen LogP contribution in [0.1, 0.15) is 25.7 Å². The number of nitrogens with two attached hydrogens (primary N) is 5. The molecule has 0 spiro atoms.